The van der Waals surface area contributed by atoms with Crippen molar-refractivity contribution in [2.24, 2.45) is 11.1 Å². The van der Waals surface area contributed by atoms with Crippen molar-refractivity contribution in [2.45, 2.75) is 27.2 Å². The Morgan fingerprint density at radius 3 is 2.81 bits per heavy atom. The molecular weight excluding hydrogens is 204 g/mol. The van der Waals surface area contributed by atoms with E-state index in [2.05, 4.69) is 29.1 Å². The molecular formula is C11H20N4O. The Morgan fingerprint density at radius 1 is 1.56 bits per heavy atom. The van der Waals surface area contributed by atoms with Crippen LogP contribution < -0.4 is 16.6 Å². The molecule has 5 nitrogen and oxygen atoms in total. The first-order chi connectivity index (χ1) is 7.46. The number of aromatic amines is 1. The molecule has 1 rings (SSSR count). The van der Waals surface area contributed by atoms with E-state index in [0.717, 1.165) is 0 Å². The lowest BCUT2D eigenvalue weighted by molar-refractivity contribution is 0.405. The highest BCUT2D eigenvalue weighted by Gasteiger charge is 2.15. The van der Waals surface area contributed by atoms with E-state index in [1.165, 1.54) is 6.07 Å². The van der Waals surface area contributed by atoms with Gasteiger partial charge in [0, 0.05) is 19.0 Å². The molecule has 0 saturated heterocycles. The standard InChI is InChI=1S/C11H20N4O/c1-4-8-14-9(5-10(16)15-8)13-7-11(2,3)6-12/h5H,4,6-7,12H2,1-3H3,(H2,13,14,15,16). The van der Waals surface area contributed by atoms with Gasteiger partial charge in [0.05, 0.1) is 0 Å². The number of nitrogens with one attached hydrogen (secondary N) is 2. The van der Waals surface area contributed by atoms with Crippen LogP contribution >= 0.6 is 0 Å². The van der Waals surface area contributed by atoms with Crippen molar-refractivity contribution in [1.82, 2.24) is 9.97 Å². The second kappa shape index (κ2) is 5.12. The van der Waals surface area contributed by atoms with Crippen LogP contribution in [0.5, 0.6) is 0 Å². The molecule has 0 atom stereocenters. The Bertz CT molecular complexity index is 397. The number of hydrogen-bond donors (Lipinski definition) is 3. The molecule has 0 radical (unpaired) electrons. The zero-order chi connectivity index (χ0) is 12.2. The van der Waals surface area contributed by atoms with Crippen LogP contribution in [0.25, 0.3) is 0 Å². The summed E-state index contributed by atoms with van der Waals surface area (Å²) in [6.07, 6.45) is 0.713. The van der Waals surface area contributed by atoms with Gasteiger partial charge in [0.15, 0.2) is 0 Å². The summed E-state index contributed by atoms with van der Waals surface area (Å²) in [5, 5.41) is 3.14. The molecule has 1 aromatic rings. The molecule has 0 aliphatic rings. The van der Waals surface area contributed by atoms with E-state index in [-0.39, 0.29) is 11.0 Å². The number of aryl methyl sites for hydroxylation is 1. The summed E-state index contributed by atoms with van der Waals surface area (Å²) in [4.78, 5) is 18.3. The van der Waals surface area contributed by atoms with Gasteiger partial charge in [-0.25, -0.2) is 4.98 Å². The highest BCUT2D eigenvalue weighted by molar-refractivity contribution is 5.33. The predicted octanol–water partition coefficient (Wildman–Crippen LogP) is 0.729. The Labute approximate surface area is 95.5 Å². The van der Waals surface area contributed by atoms with E-state index in [4.69, 9.17) is 5.73 Å². The molecule has 0 saturated carbocycles. The number of aromatic nitrogens is 2. The van der Waals surface area contributed by atoms with Gasteiger partial charge in [0.1, 0.15) is 11.6 Å². The van der Waals surface area contributed by atoms with Gasteiger partial charge in [-0.2, -0.15) is 0 Å². The number of nitrogens with zero attached hydrogens (tertiary/aromatic N) is 1. The number of anilines is 1. The van der Waals surface area contributed by atoms with Crippen LogP contribution in [0.15, 0.2) is 10.9 Å². The largest absolute Gasteiger partial charge is 0.369 e. The van der Waals surface area contributed by atoms with Crippen LogP contribution in [0.4, 0.5) is 5.82 Å². The van der Waals surface area contributed by atoms with Crippen molar-refractivity contribution in [3.05, 3.63) is 22.2 Å². The summed E-state index contributed by atoms with van der Waals surface area (Å²) in [7, 11) is 0. The molecule has 4 N–H and O–H groups in total. The van der Waals surface area contributed by atoms with Crippen molar-refractivity contribution < 1.29 is 0 Å². The van der Waals surface area contributed by atoms with E-state index >= 15 is 0 Å². The van der Waals surface area contributed by atoms with E-state index in [1.807, 2.05) is 6.92 Å². The maximum Gasteiger partial charge on any atom is 0.252 e. The lowest BCUT2D eigenvalue weighted by Gasteiger charge is -2.22. The average Bonchev–Trinajstić information content (AvgIpc) is 2.26. The Balaban J connectivity index is 2.74. The highest BCUT2D eigenvalue weighted by Crippen LogP contribution is 2.13. The van der Waals surface area contributed by atoms with Crippen molar-refractivity contribution in [3.63, 3.8) is 0 Å². The molecule has 90 valence electrons. The van der Waals surface area contributed by atoms with Crippen molar-refractivity contribution in [2.75, 3.05) is 18.4 Å². The minimum absolute atomic E-state index is 0.00331. The van der Waals surface area contributed by atoms with Gasteiger partial charge in [0.25, 0.3) is 5.56 Å². The van der Waals surface area contributed by atoms with Crippen LogP contribution in [0.2, 0.25) is 0 Å². The van der Waals surface area contributed by atoms with Crippen LogP contribution in [-0.4, -0.2) is 23.1 Å². The van der Waals surface area contributed by atoms with E-state index < -0.39 is 0 Å². The second-order valence-corrected chi connectivity index (χ2v) is 4.65. The second-order valence-electron chi connectivity index (χ2n) is 4.65. The van der Waals surface area contributed by atoms with Crippen LogP contribution in [0.3, 0.4) is 0 Å². The minimum Gasteiger partial charge on any atom is -0.369 e. The Hall–Kier alpha value is -1.36. The SMILES string of the molecule is CCc1nc(NCC(C)(C)CN)cc(=O)[nH]1. The number of H-pyrrole nitrogens is 1. The molecule has 0 aliphatic carbocycles. The summed E-state index contributed by atoms with van der Waals surface area (Å²) in [5.74, 6) is 1.31. The van der Waals surface area contributed by atoms with Gasteiger partial charge >= 0.3 is 0 Å². The lowest BCUT2D eigenvalue weighted by atomic mass is 9.94. The quantitative estimate of drug-likeness (QED) is 0.688. The smallest absolute Gasteiger partial charge is 0.252 e. The monoisotopic (exact) mass is 224 g/mol. The Kier molecular flexibility index (Phi) is 4.06. The minimum atomic E-state index is -0.125. The molecule has 1 aromatic heterocycles. The zero-order valence-electron chi connectivity index (χ0n) is 10.1. The third-order valence-corrected chi connectivity index (χ3v) is 2.43. The number of nitrogens with two attached hydrogens (primary N) is 1. The molecule has 0 spiro atoms. The van der Waals surface area contributed by atoms with Crippen molar-refractivity contribution in [1.29, 1.82) is 0 Å². The van der Waals surface area contributed by atoms with Gasteiger partial charge < -0.3 is 16.0 Å². The molecule has 16 heavy (non-hydrogen) atoms. The fourth-order valence-electron chi connectivity index (χ4n) is 1.17. The first-order valence-electron chi connectivity index (χ1n) is 5.51. The van der Waals surface area contributed by atoms with E-state index in [9.17, 15) is 4.79 Å². The van der Waals surface area contributed by atoms with Gasteiger partial charge in [-0.1, -0.05) is 20.8 Å². The maximum atomic E-state index is 11.3. The molecule has 0 fully saturated rings. The van der Waals surface area contributed by atoms with E-state index in [0.29, 0.717) is 31.2 Å². The van der Waals surface area contributed by atoms with E-state index in [1.54, 1.807) is 0 Å². The first kappa shape index (κ1) is 12.7. The zero-order valence-corrected chi connectivity index (χ0v) is 10.1. The summed E-state index contributed by atoms with van der Waals surface area (Å²) >= 11 is 0. The highest BCUT2D eigenvalue weighted by atomic mass is 16.1. The fourth-order valence-corrected chi connectivity index (χ4v) is 1.17. The van der Waals surface area contributed by atoms with Gasteiger partial charge in [-0.15, -0.1) is 0 Å². The summed E-state index contributed by atoms with van der Waals surface area (Å²) in [6, 6.07) is 1.46. The first-order valence-corrected chi connectivity index (χ1v) is 5.51. The topological polar surface area (TPSA) is 83.8 Å². The molecule has 0 unspecified atom stereocenters. The average molecular weight is 224 g/mol. The molecule has 5 heteroatoms. The van der Waals surface area contributed by atoms with Gasteiger partial charge in [0.2, 0.25) is 0 Å². The van der Waals surface area contributed by atoms with Gasteiger partial charge in [-0.05, 0) is 12.0 Å². The number of hydrogen-bond acceptors (Lipinski definition) is 4. The lowest BCUT2D eigenvalue weighted by Crippen LogP contribution is -2.31. The molecule has 1 heterocycles. The normalized spacial score (nSPS) is 11.5. The summed E-state index contributed by atoms with van der Waals surface area (Å²) < 4.78 is 0. The summed E-state index contributed by atoms with van der Waals surface area (Å²) in [5.41, 5.74) is 5.50. The van der Waals surface area contributed by atoms with Crippen LogP contribution in [0, 0.1) is 5.41 Å². The van der Waals surface area contributed by atoms with Gasteiger partial charge in [-0.3, -0.25) is 4.79 Å². The summed E-state index contributed by atoms with van der Waals surface area (Å²) in [6.45, 7) is 7.36. The van der Waals surface area contributed by atoms with Crippen molar-refractivity contribution >= 4 is 5.82 Å². The predicted molar refractivity (Wildman–Crippen MR) is 65.6 cm³/mol. The number of rotatable bonds is 5. The molecule has 0 amide bonds. The maximum absolute atomic E-state index is 11.3. The molecule has 0 bridgehead atoms. The third-order valence-electron chi connectivity index (χ3n) is 2.43. The third kappa shape index (κ3) is 3.66. The fraction of sp³-hybridized carbons (Fsp3) is 0.636. The molecule has 0 aliphatic heterocycles. The Morgan fingerprint density at radius 2 is 2.25 bits per heavy atom. The van der Waals surface area contributed by atoms with Crippen LogP contribution in [-0.2, 0) is 6.42 Å². The van der Waals surface area contributed by atoms with Crippen molar-refractivity contribution in [3.8, 4) is 0 Å². The van der Waals surface area contributed by atoms with Crippen LogP contribution in [0.1, 0.15) is 26.6 Å². The molecule has 0 aromatic carbocycles.